The summed E-state index contributed by atoms with van der Waals surface area (Å²) in [5, 5.41) is 15.2. The molecule has 2 aliphatic heterocycles. The number of rotatable bonds is 4. The van der Waals surface area contributed by atoms with Crippen molar-refractivity contribution in [3.8, 4) is 0 Å². The minimum absolute atomic E-state index is 0.255. The fraction of sp³-hybridized carbons (Fsp3) is 0.789. The van der Waals surface area contributed by atoms with Crippen molar-refractivity contribution in [2.75, 3.05) is 33.4 Å². The summed E-state index contributed by atoms with van der Waals surface area (Å²) in [5.41, 5.74) is 2.38. The molecule has 2 aromatic heterocycles. The molecule has 28 heavy (non-hydrogen) atoms. The molecule has 1 aliphatic carbocycles. The zero-order valence-electron chi connectivity index (χ0n) is 16.4. The van der Waals surface area contributed by atoms with E-state index >= 15 is 0 Å². The van der Waals surface area contributed by atoms with E-state index in [9.17, 15) is 0 Å². The normalized spacial score (nSPS) is 25.1. The summed E-state index contributed by atoms with van der Waals surface area (Å²) in [6.45, 7) is 3.43. The number of aryl methyl sites for hydroxylation is 1. The highest BCUT2D eigenvalue weighted by atomic mass is 16.7. The third kappa shape index (κ3) is 3.46. The first-order valence-electron chi connectivity index (χ1n) is 10.4. The number of fused-ring (bicyclic) bond motifs is 1. The van der Waals surface area contributed by atoms with Crippen LogP contribution in [0.15, 0.2) is 4.52 Å². The molecule has 9 nitrogen and oxygen atoms in total. The third-order valence-electron chi connectivity index (χ3n) is 6.46. The summed E-state index contributed by atoms with van der Waals surface area (Å²) >= 11 is 0. The fourth-order valence-corrected chi connectivity index (χ4v) is 4.71. The Morgan fingerprint density at radius 1 is 1.04 bits per heavy atom. The minimum atomic E-state index is 0.255. The lowest BCUT2D eigenvalue weighted by molar-refractivity contribution is -0.144. The van der Waals surface area contributed by atoms with Gasteiger partial charge in [0.05, 0.1) is 24.5 Å². The third-order valence-corrected chi connectivity index (χ3v) is 6.46. The van der Waals surface area contributed by atoms with Crippen molar-refractivity contribution in [1.29, 1.82) is 0 Å². The number of hydrogen-bond donors (Lipinski definition) is 0. The molecule has 1 unspecified atom stereocenters. The van der Waals surface area contributed by atoms with Crippen molar-refractivity contribution < 1.29 is 14.1 Å². The van der Waals surface area contributed by atoms with Crippen LogP contribution < -0.4 is 0 Å². The molecule has 9 heteroatoms. The average Bonchev–Trinajstić information content (AvgIpc) is 3.41. The van der Waals surface area contributed by atoms with Crippen LogP contribution >= 0.6 is 0 Å². The molecule has 2 aromatic rings. The van der Waals surface area contributed by atoms with Crippen LogP contribution in [-0.2, 0) is 22.4 Å². The summed E-state index contributed by atoms with van der Waals surface area (Å²) in [5.74, 6) is 2.24. The highest BCUT2D eigenvalue weighted by Crippen LogP contribution is 2.35. The Bertz CT molecular complexity index is 791. The fourth-order valence-electron chi connectivity index (χ4n) is 4.71. The van der Waals surface area contributed by atoms with Crippen molar-refractivity contribution in [2.24, 2.45) is 0 Å². The van der Waals surface area contributed by atoms with Crippen molar-refractivity contribution >= 4 is 0 Å². The Hall–Kier alpha value is -1.84. The average molecular weight is 388 g/mol. The van der Waals surface area contributed by atoms with Gasteiger partial charge in [-0.25, -0.2) is 4.68 Å². The maximum Gasteiger partial charge on any atom is 0.230 e. The van der Waals surface area contributed by atoms with E-state index in [0.717, 1.165) is 88.7 Å². The molecule has 5 rings (SSSR count). The van der Waals surface area contributed by atoms with Gasteiger partial charge in [0.25, 0.3) is 0 Å². The molecule has 0 bridgehead atoms. The van der Waals surface area contributed by atoms with Crippen LogP contribution in [0, 0.1) is 0 Å². The van der Waals surface area contributed by atoms with Gasteiger partial charge in [-0.15, -0.1) is 5.10 Å². The summed E-state index contributed by atoms with van der Waals surface area (Å²) in [6, 6.07) is 0.396. The standard InChI is InChI=1S/C19H28N6O3/c1-26-24-8-4-13(5-9-24)18-20-19(28-22-18)14-2-3-16-17(12-14)25(23-21-16)15-6-10-27-11-7-15/h13-15H,2-12H2,1H3. The first-order chi connectivity index (χ1) is 13.8. The van der Waals surface area contributed by atoms with Gasteiger partial charge in [0.1, 0.15) is 0 Å². The van der Waals surface area contributed by atoms with E-state index in [1.165, 1.54) is 5.69 Å². The van der Waals surface area contributed by atoms with Crippen LogP contribution in [0.25, 0.3) is 0 Å². The van der Waals surface area contributed by atoms with Crippen LogP contribution in [0.1, 0.15) is 73.1 Å². The first-order valence-corrected chi connectivity index (χ1v) is 10.4. The molecule has 0 N–H and O–H groups in total. The number of hydroxylamine groups is 2. The molecule has 0 saturated carbocycles. The highest BCUT2D eigenvalue weighted by Gasteiger charge is 2.32. The molecule has 1 atom stereocenters. The van der Waals surface area contributed by atoms with Gasteiger partial charge in [0.15, 0.2) is 5.82 Å². The van der Waals surface area contributed by atoms with Crippen LogP contribution in [-0.4, -0.2) is 63.6 Å². The SMILES string of the molecule is CON1CCC(c2noc(C3CCc4nnn(C5CCOCC5)c4C3)n2)CC1. The zero-order chi connectivity index (χ0) is 18.9. The van der Waals surface area contributed by atoms with Gasteiger partial charge >= 0.3 is 0 Å². The maximum absolute atomic E-state index is 5.71. The molecule has 3 aliphatic rings. The molecule has 4 heterocycles. The molecule has 0 spiro atoms. The zero-order valence-corrected chi connectivity index (χ0v) is 16.4. The Balaban J connectivity index is 1.29. The summed E-state index contributed by atoms with van der Waals surface area (Å²) in [6.07, 6.45) is 6.81. The van der Waals surface area contributed by atoms with Crippen molar-refractivity contribution in [2.45, 2.75) is 62.8 Å². The first kappa shape index (κ1) is 18.2. The van der Waals surface area contributed by atoms with E-state index in [4.69, 9.17) is 19.1 Å². The maximum atomic E-state index is 5.71. The quantitative estimate of drug-likeness (QED) is 0.786. The molecular weight excluding hydrogens is 360 g/mol. The smallest absolute Gasteiger partial charge is 0.230 e. The molecule has 0 amide bonds. The molecule has 0 aromatic carbocycles. The van der Waals surface area contributed by atoms with Crippen molar-refractivity contribution in [3.63, 3.8) is 0 Å². The lowest BCUT2D eigenvalue weighted by Gasteiger charge is -2.28. The lowest BCUT2D eigenvalue weighted by atomic mass is 9.89. The predicted molar refractivity (Wildman–Crippen MR) is 98.7 cm³/mol. The second-order valence-electron chi connectivity index (χ2n) is 8.09. The molecule has 152 valence electrons. The van der Waals surface area contributed by atoms with Gasteiger partial charge in [-0.05, 0) is 38.5 Å². The summed E-state index contributed by atoms with van der Waals surface area (Å²) in [7, 11) is 1.73. The Labute approximate surface area is 164 Å². The van der Waals surface area contributed by atoms with Crippen molar-refractivity contribution in [3.05, 3.63) is 23.1 Å². The molecular formula is C19H28N6O3. The van der Waals surface area contributed by atoms with E-state index in [1.54, 1.807) is 7.11 Å². The number of ether oxygens (including phenoxy) is 1. The Morgan fingerprint density at radius 2 is 1.86 bits per heavy atom. The number of hydrogen-bond acceptors (Lipinski definition) is 8. The van der Waals surface area contributed by atoms with Gasteiger partial charge in [-0.1, -0.05) is 10.4 Å². The van der Waals surface area contributed by atoms with Gasteiger partial charge in [-0.2, -0.15) is 10.0 Å². The van der Waals surface area contributed by atoms with Crippen LogP contribution in [0.3, 0.4) is 0 Å². The van der Waals surface area contributed by atoms with Gasteiger partial charge in [0.2, 0.25) is 5.89 Å². The highest BCUT2D eigenvalue weighted by molar-refractivity contribution is 5.19. The topological polar surface area (TPSA) is 91.3 Å². The van der Waals surface area contributed by atoms with E-state index < -0.39 is 0 Å². The molecule has 2 fully saturated rings. The van der Waals surface area contributed by atoms with Gasteiger partial charge < -0.3 is 14.1 Å². The van der Waals surface area contributed by atoms with Crippen LogP contribution in [0.4, 0.5) is 0 Å². The van der Waals surface area contributed by atoms with Gasteiger partial charge in [-0.3, -0.25) is 0 Å². The minimum Gasteiger partial charge on any atom is -0.381 e. The second-order valence-corrected chi connectivity index (χ2v) is 8.09. The van der Waals surface area contributed by atoms with E-state index in [-0.39, 0.29) is 5.92 Å². The largest absolute Gasteiger partial charge is 0.381 e. The Kier molecular flexibility index (Phi) is 5.13. The Morgan fingerprint density at radius 3 is 2.64 bits per heavy atom. The van der Waals surface area contributed by atoms with Crippen LogP contribution in [0.5, 0.6) is 0 Å². The van der Waals surface area contributed by atoms with Gasteiger partial charge in [0, 0.05) is 44.6 Å². The predicted octanol–water partition coefficient (Wildman–Crippen LogP) is 2.03. The number of piperidine rings is 1. The molecule has 2 saturated heterocycles. The summed E-state index contributed by atoms with van der Waals surface area (Å²) in [4.78, 5) is 10.1. The van der Waals surface area contributed by atoms with E-state index in [0.29, 0.717) is 12.0 Å². The monoisotopic (exact) mass is 388 g/mol. The number of nitrogens with zero attached hydrogens (tertiary/aromatic N) is 6. The van der Waals surface area contributed by atoms with E-state index in [2.05, 4.69) is 20.2 Å². The van der Waals surface area contributed by atoms with Crippen molar-refractivity contribution in [1.82, 2.24) is 30.2 Å². The second kappa shape index (κ2) is 7.88. The molecule has 0 radical (unpaired) electrons. The summed E-state index contributed by atoms with van der Waals surface area (Å²) < 4.78 is 13.4. The lowest BCUT2D eigenvalue weighted by Crippen LogP contribution is -2.32. The number of aromatic nitrogens is 5. The van der Waals surface area contributed by atoms with E-state index in [1.807, 2.05) is 5.06 Å². The van der Waals surface area contributed by atoms with Crippen LogP contribution in [0.2, 0.25) is 0 Å².